The smallest absolute Gasteiger partial charge is 0.271 e. The van der Waals surface area contributed by atoms with Crippen molar-refractivity contribution in [1.82, 2.24) is 20.0 Å². The van der Waals surface area contributed by atoms with Crippen molar-refractivity contribution in [3.63, 3.8) is 0 Å². The number of hydrogen-bond donors (Lipinski definition) is 2. The second kappa shape index (κ2) is 11.5. The number of benzene rings is 1. The average molecular weight is 546 g/mol. The molecule has 1 aliphatic rings. The number of pyridine rings is 1. The molecule has 36 heavy (non-hydrogen) atoms. The van der Waals surface area contributed by atoms with E-state index in [-0.39, 0.29) is 39.6 Å². The van der Waals surface area contributed by atoms with Gasteiger partial charge in [-0.05, 0) is 44.2 Å². The highest BCUT2D eigenvalue weighted by Crippen LogP contribution is 2.40. The number of carbonyl (C=O) groups is 1. The van der Waals surface area contributed by atoms with Gasteiger partial charge in [0.15, 0.2) is 5.67 Å². The molecule has 0 spiro atoms. The Hall–Kier alpha value is -2.73. The Morgan fingerprint density at radius 3 is 2.47 bits per heavy atom. The van der Waals surface area contributed by atoms with Crippen LogP contribution in [0.1, 0.15) is 36.9 Å². The van der Waals surface area contributed by atoms with E-state index in [0.717, 1.165) is 6.92 Å². The number of rotatable bonds is 6. The first-order valence-electron chi connectivity index (χ1n) is 10.8. The van der Waals surface area contributed by atoms with E-state index in [4.69, 9.17) is 32.8 Å². The Labute approximate surface area is 215 Å². The van der Waals surface area contributed by atoms with Crippen molar-refractivity contribution in [3.05, 3.63) is 57.7 Å². The van der Waals surface area contributed by atoms with Gasteiger partial charge in [0.1, 0.15) is 6.61 Å². The van der Waals surface area contributed by atoms with Crippen LogP contribution in [0.5, 0.6) is 0 Å². The molecule has 1 amide bonds. The van der Waals surface area contributed by atoms with E-state index in [1.807, 2.05) is 7.05 Å². The lowest BCUT2D eigenvalue weighted by molar-refractivity contribution is -0.105. The number of aliphatic hydroxyl groups excluding tert-OH is 1. The van der Waals surface area contributed by atoms with Crippen molar-refractivity contribution in [2.45, 2.75) is 38.0 Å². The zero-order valence-corrected chi connectivity index (χ0v) is 21.0. The van der Waals surface area contributed by atoms with E-state index in [1.54, 1.807) is 6.07 Å². The lowest BCUT2D eigenvalue weighted by Crippen LogP contribution is -2.38. The lowest BCUT2D eigenvalue weighted by Gasteiger charge is -2.34. The predicted molar refractivity (Wildman–Crippen MR) is 129 cm³/mol. The first kappa shape index (κ1) is 27.9. The van der Waals surface area contributed by atoms with Crippen molar-refractivity contribution >= 4 is 35.3 Å². The highest BCUT2D eigenvalue weighted by molar-refractivity contribution is 6.32. The van der Waals surface area contributed by atoms with Crippen LogP contribution in [0.15, 0.2) is 35.0 Å². The summed E-state index contributed by atoms with van der Waals surface area (Å²) in [6.07, 6.45) is 2.67. The maximum absolute atomic E-state index is 15.1. The summed E-state index contributed by atoms with van der Waals surface area (Å²) >= 11 is 11.8. The zero-order valence-electron chi connectivity index (χ0n) is 19.4. The highest BCUT2D eigenvalue weighted by Gasteiger charge is 2.38. The molecule has 3 heterocycles. The third kappa shape index (κ3) is 6.73. The summed E-state index contributed by atoms with van der Waals surface area (Å²) in [5.74, 6) is -2.61. The molecule has 1 aromatic carbocycles. The summed E-state index contributed by atoms with van der Waals surface area (Å²) in [4.78, 5) is 20.3. The van der Waals surface area contributed by atoms with Gasteiger partial charge in [-0.2, -0.15) is 4.98 Å². The van der Waals surface area contributed by atoms with Gasteiger partial charge in [0, 0.05) is 43.0 Å². The Morgan fingerprint density at radius 2 is 1.94 bits per heavy atom. The fourth-order valence-corrected chi connectivity index (χ4v) is 4.25. The monoisotopic (exact) mass is 545 g/mol. The Morgan fingerprint density at radius 1 is 1.25 bits per heavy atom. The predicted octanol–water partition coefficient (Wildman–Crippen LogP) is 5.19. The molecule has 2 N–H and O–H groups in total. The molecule has 13 heteroatoms. The number of nitrogens with one attached hydrogen (secondary N) is 1. The normalized spacial score (nSPS) is 15.7. The number of halogens is 5. The van der Waals surface area contributed by atoms with Crippen LogP contribution < -0.4 is 5.32 Å². The summed E-state index contributed by atoms with van der Waals surface area (Å²) < 4.78 is 45.6. The van der Waals surface area contributed by atoms with Crippen LogP contribution in [0.2, 0.25) is 10.0 Å². The van der Waals surface area contributed by atoms with E-state index in [0.29, 0.717) is 43.6 Å². The molecule has 0 radical (unpaired) electrons. The molecule has 8 nitrogen and oxygen atoms in total. The van der Waals surface area contributed by atoms with E-state index < -0.39 is 11.6 Å². The molecule has 0 aliphatic carbocycles. The molecule has 0 bridgehead atoms. The third-order valence-corrected chi connectivity index (χ3v) is 6.18. The highest BCUT2D eigenvalue weighted by atomic mass is 35.5. The topological polar surface area (TPSA) is 104 Å². The molecular weight excluding hydrogens is 522 g/mol. The summed E-state index contributed by atoms with van der Waals surface area (Å²) in [5, 5.41) is 15.2. The minimum Gasteiger partial charge on any atom is -0.387 e. The van der Waals surface area contributed by atoms with Gasteiger partial charge in [-0.25, -0.2) is 13.2 Å². The maximum Gasteiger partial charge on any atom is 0.271 e. The largest absolute Gasteiger partial charge is 0.387 e. The number of aliphatic hydroxyl groups is 1. The Balaban J connectivity index is 0.000000223. The molecule has 1 saturated heterocycles. The number of likely N-dealkylation sites (tertiary alicyclic amines) is 1. The molecule has 194 valence electrons. The van der Waals surface area contributed by atoms with Crippen LogP contribution >= 0.6 is 23.2 Å². The number of aromatic nitrogens is 3. The molecule has 4 rings (SSSR count). The third-order valence-electron chi connectivity index (χ3n) is 5.57. The van der Waals surface area contributed by atoms with Crippen molar-refractivity contribution in [2.75, 3.05) is 25.5 Å². The first-order chi connectivity index (χ1) is 17.0. The molecule has 0 saturated carbocycles. The van der Waals surface area contributed by atoms with Crippen molar-refractivity contribution in [3.8, 4) is 11.4 Å². The lowest BCUT2D eigenvalue weighted by atomic mass is 9.89. The number of anilines is 1. The first-order valence-corrected chi connectivity index (χ1v) is 11.6. The van der Waals surface area contributed by atoms with Crippen LogP contribution in [0, 0.1) is 0 Å². The van der Waals surface area contributed by atoms with Gasteiger partial charge in [0.05, 0.1) is 15.7 Å². The van der Waals surface area contributed by atoms with Crippen molar-refractivity contribution in [1.29, 1.82) is 0 Å². The van der Waals surface area contributed by atoms with Gasteiger partial charge in [-0.15, -0.1) is 0 Å². The fourth-order valence-electron chi connectivity index (χ4n) is 3.56. The molecule has 2 aromatic heterocycles. The van der Waals surface area contributed by atoms with E-state index in [9.17, 15) is 13.6 Å². The second-order valence-corrected chi connectivity index (χ2v) is 9.15. The van der Waals surface area contributed by atoms with Gasteiger partial charge < -0.3 is 19.8 Å². The molecule has 0 unspecified atom stereocenters. The molecule has 1 aliphatic heterocycles. The minimum absolute atomic E-state index is 0.0654. The zero-order chi connectivity index (χ0) is 26.5. The van der Waals surface area contributed by atoms with Gasteiger partial charge >= 0.3 is 0 Å². The maximum atomic E-state index is 15.1. The van der Waals surface area contributed by atoms with Crippen LogP contribution in [0.3, 0.4) is 0 Å². The summed E-state index contributed by atoms with van der Waals surface area (Å²) in [6, 6.07) is 5.42. The minimum atomic E-state index is -2.98. The van der Waals surface area contributed by atoms with Gasteiger partial charge in [0.2, 0.25) is 12.2 Å². The van der Waals surface area contributed by atoms with Crippen LogP contribution in [0.4, 0.5) is 18.9 Å². The summed E-state index contributed by atoms with van der Waals surface area (Å²) in [7, 11) is 1.96. The number of piperidine rings is 1. The fraction of sp³-hybridized carbons (Fsp3) is 0.391. The van der Waals surface area contributed by atoms with Gasteiger partial charge in [0.25, 0.3) is 11.8 Å². The SMILES string of the molecule is CC(F)(F)c1ccc(NC=O)cc1Cl.CN1CCC(F)(c2ncc(-c3noc(CO)n3)cc2Cl)CC1. The van der Waals surface area contributed by atoms with Crippen LogP contribution in [-0.4, -0.2) is 51.7 Å². The number of alkyl halides is 3. The summed E-state index contributed by atoms with van der Waals surface area (Å²) in [5.41, 5.74) is -0.588. The quantitative estimate of drug-likeness (QED) is 0.411. The van der Waals surface area contributed by atoms with Gasteiger partial charge in [-0.3, -0.25) is 9.78 Å². The van der Waals surface area contributed by atoms with Crippen molar-refractivity contribution in [2.24, 2.45) is 0 Å². The van der Waals surface area contributed by atoms with Gasteiger partial charge in [-0.1, -0.05) is 28.4 Å². The number of amides is 1. The van der Waals surface area contributed by atoms with E-state index >= 15 is 4.39 Å². The van der Waals surface area contributed by atoms with E-state index in [2.05, 4.69) is 25.3 Å². The molecular formula is C23H24Cl2F3N5O3. The number of nitrogens with zero attached hydrogens (tertiary/aromatic N) is 4. The molecule has 0 atom stereocenters. The number of carbonyl (C=O) groups excluding carboxylic acids is 1. The standard InChI is InChI=1S/C14H16ClFN4O2.C9H8ClF2NO/c1-20-4-2-14(16,3-5-20)12-10(15)6-9(7-17-12)13-18-11(8-21)22-19-13;1-9(11,12)7-3-2-6(13-5-14)4-8(7)10/h6-7,21H,2-5,8H2,1H3;2-5H,1H3,(H,13,14). The van der Waals surface area contributed by atoms with Crippen LogP contribution in [-0.2, 0) is 23.0 Å². The Kier molecular flexibility index (Phi) is 8.93. The Bertz CT molecular complexity index is 1200. The average Bonchev–Trinajstić information content (AvgIpc) is 3.30. The van der Waals surface area contributed by atoms with Crippen molar-refractivity contribution < 1.29 is 27.6 Å². The second-order valence-electron chi connectivity index (χ2n) is 8.34. The molecule has 3 aromatic rings. The summed E-state index contributed by atoms with van der Waals surface area (Å²) in [6.45, 7) is 1.76. The van der Waals surface area contributed by atoms with E-state index in [1.165, 1.54) is 24.4 Å². The number of hydrogen-bond acceptors (Lipinski definition) is 7. The molecule has 1 fully saturated rings. The van der Waals surface area contributed by atoms with Crippen LogP contribution in [0.25, 0.3) is 11.4 Å².